The van der Waals surface area contributed by atoms with Crippen LogP contribution in [0, 0.1) is 4.77 Å². The van der Waals surface area contributed by atoms with Crippen LogP contribution in [-0.4, -0.2) is 21.1 Å². The molecule has 4 aromatic rings. The molecule has 0 bridgehead atoms. The van der Waals surface area contributed by atoms with E-state index in [9.17, 15) is 0 Å². The van der Waals surface area contributed by atoms with Crippen LogP contribution in [0.5, 0.6) is 11.5 Å². The Morgan fingerprint density at radius 1 is 0.964 bits per heavy atom. The van der Waals surface area contributed by atoms with Gasteiger partial charge in [-0.1, -0.05) is 41.9 Å². The molecule has 1 heterocycles. The number of benzene rings is 3. The highest BCUT2D eigenvalue weighted by molar-refractivity contribution is 7.71. The second-order valence-electron chi connectivity index (χ2n) is 5.90. The monoisotopic (exact) mass is 406 g/mol. The van der Waals surface area contributed by atoms with E-state index in [1.54, 1.807) is 23.0 Å². The molecule has 0 aliphatic rings. The Labute approximate surface area is 171 Å². The molecule has 0 fully saturated rings. The number of H-pyrrole nitrogens is 1. The molecule has 0 aliphatic heterocycles. The van der Waals surface area contributed by atoms with Crippen LogP contribution in [0.1, 0.15) is 5.56 Å². The van der Waals surface area contributed by atoms with Crippen molar-refractivity contribution in [1.82, 2.24) is 14.9 Å². The van der Waals surface area contributed by atoms with Crippen molar-refractivity contribution >= 4 is 30.0 Å². The van der Waals surface area contributed by atoms with E-state index < -0.39 is 0 Å². The van der Waals surface area contributed by atoms with Crippen LogP contribution in [0.2, 0.25) is 5.02 Å². The zero-order chi connectivity index (χ0) is 19.3. The van der Waals surface area contributed by atoms with Crippen molar-refractivity contribution in [3.8, 4) is 22.9 Å². The maximum absolute atomic E-state index is 5.96. The van der Waals surface area contributed by atoms with Crippen LogP contribution in [-0.2, 0) is 0 Å². The Kier molecular flexibility index (Phi) is 5.32. The van der Waals surface area contributed by atoms with E-state index in [-0.39, 0.29) is 0 Å². The largest absolute Gasteiger partial charge is 0.457 e. The SMILES string of the molecule is S=c1[nH]nc(-c2ccc(Cl)cc2)n1N=Cc1cccc(Oc2ccccc2)c1. The molecule has 0 aliphatic carbocycles. The smallest absolute Gasteiger partial charge is 0.216 e. The van der Waals surface area contributed by atoms with E-state index in [1.807, 2.05) is 66.7 Å². The average Bonchev–Trinajstić information content (AvgIpc) is 3.08. The zero-order valence-electron chi connectivity index (χ0n) is 14.6. The number of rotatable bonds is 5. The molecule has 5 nitrogen and oxygen atoms in total. The van der Waals surface area contributed by atoms with Gasteiger partial charge in [0.2, 0.25) is 4.77 Å². The van der Waals surface area contributed by atoms with Crippen molar-refractivity contribution in [2.75, 3.05) is 0 Å². The van der Waals surface area contributed by atoms with Gasteiger partial charge in [-0.05, 0) is 66.3 Å². The summed E-state index contributed by atoms with van der Waals surface area (Å²) in [7, 11) is 0. The normalized spacial score (nSPS) is 11.0. The highest BCUT2D eigenvalue weighted by Crippen LogP contribution is 2.22. The summed E-state index contributed by atoms with van der Waals surface area (Å²) in [5.41, 5.74) is 1.73. The molecule has 1 aromatic heterocycles. The summed E-state index contributed by atoms with van der Waals surface area (Å²) in [6, 6.07) is 24.6. The first-order chi connectivity index (χ1) is 13.7. The minimum atomic E-state index is 0.401. The molecule has 4 rings (SSSR count). The molecule has 0 unspecified atom stereocenters. The van der Waals surface area contributed by atoms with E-state index in [4.69, 9.17) is 28.6 Å². The molecule has 28 heavy (non-hydrogen) atoms. The van der Waals surface area contributed by atoms with Gasteiger partial charge in [-0.2, -0.15) is 14.9 Å². The number of hydrogen-bond donors (Lipinski definition) is 1. The van der Waals surface area contributed by atoms with Gasteiger partial charge >= 0.3 is 0 Å². The highest BCUT2D eigenvalue weighted by Gasteiger charge is 2.08. The number of para-hydroxylation sites is 1. The predicted molar refractivity (Wildman–Crippen MR) is 114 cm³/mol. The van der Waals surface area contributed by atoms with Crippen molar-refractivity contribution in [1.29, 1.82) is 0 Å². The first-order valence-corrected chi connectivity index (χ1v) is 9.28. The Hall–Kier alpha value is -3.22. The Bertz CT molecular complexity index is 1170. The molecular weight excluding hydrogens is 392 g/mol. The summed E-state index contributed by atoms with van der Waals surface area (Å²) < 4.78 is 7.84. The van der Waals surface area contributed by atoms with E-state index in [2.05, 4.69) is 15.3 Å². The molecule has 138 valence electrons. The fourth-order valence-electron chi connectivity index (χ4n) is 2.59. The van der Waals surface area contributed by atoms with E-state index in [0.717, 1.165) is 22.6 Å². The summed E-state index contributed by atoms with van der Waals surface area (Å²) in [4.78, 5) is 0. The lowest BCUT2D eigenvalue weighted by Crippen LogP contribution is -1.95. The standard InChI is InChI=1S/C21H15ClN4OS/c22-17-11-9-16(10-12-17)20-24-25-21(28)26(20)23-14-15-5-4-8-19(13-15)27-18-6-2-1-3-7-18/h1-14H,(H,25,28). The lowest BCUT2D eigenvalue weighted by Gasteiger charge is -2.06. The molecule has 0 amide bonds. The fraction of sp³-hybridized carbons (Fsp3) is 0. The molecule has 7 heteroatoms. The van der Waals surface area contributed by atoms with Crippen molar-refractivity contribution in [3.63, 3.8) is 0 Å². The average molecular weight is 407 g/mol. The molecule has 0 saturated carbocycles. The third-order valence-corrected chi connectivity index (χ3v) is 4.43. The summed E-state index contributed by atoms with van der Waals surface area (Å²) in [5.74, 6) is 2.11. The van der Waals surface area contributed by atoms with Gasteiger partial charge in [0, 0.05) is 10.6 Å². The Morgan fingerprint density at radius 3 is 2.50 bits per heavy atom. The molecule has 3 aromatic carbocycles. The summed E-state index contributed by atoms with van der Waals surface area (Å²) in [6.07, 6.45) is 1.71. The van der Waals surface area contributed by atoms with Gasteiger partial charge in [0.1, 0.15) is 11.5 Å². The van der Waals surface area contributed by atoms with Gasteiger partial charge in [-0.25, -0.2) is 5.10 Å². The number of nitrogens with one attached hydrogen (secondary N) is 1. The summed E-state index contributed by atoms with van der Waals surface area (Å²) in [6.45, 7) is 0. The highest BCUT2D eigenvalue weighted by atomic mass is 35.5. The van der Waals surface area contributed by atoms with Crippen molar-refractivity contribution in [3.05, 3.63) is 94.2 Å². The summed E-state index contributed by atoms with van der Waals surface area (Å²) in [5, 5.41) is 12.2. The fourth-order valence-corrected chi connectivity index (χ4v) is 2.90. The first-order valence-electron chi connectivity index (χ1n) is 8.50. The number of ether oxygens (including phenoxy) is 1. The molecule has 0 spiro atoms. The molecule has 0 radical (unpaired) electrons. The Morgan fingerprint density at radius 2 is 1.71 bits per heavy atom. The number of halogens is 1. The second-order valence-corrected chi connectivity index (χ2v) is 6.73. The zero-order valence-corrected chi connectivity index (χ0v) is 16.2. The number of aromatic nitrogens is 3. The third kappa shape index (κ3) is 4.19. The molecule has 1 N–H and O–H groups in total. The lowest BCUT2D eigenvalue weighted by molar-refractivity contribution is 0.482. The van der Waals surface area contributed by atoms with Gasteiger partial charge < -0.3 is 4.74 Å². The van der Waals surface area contributed by atoms with Gasteiger partial charge in [0.15, 0.2) is 5.82 Å². The lowest BCUT2D eigenvalue weighted by atomic mass is 10.2. The van der Waals surface area contributed by atoms with Crippen molar-refractivity contribution in [2.24, 2.45) is 5.10 Å². The van der Waals surface area contributed by atoms with Crippen LogP contribution in [0.3, 0.4) is 0 Å². The number of hydrogen-bond acceptors (Lipinski definition) is 4. The van der Waals surface area contributed by atoms with Crippen molar-refractivity contribution < 1.29 is 4.74 Å². The van der Waals surface area contributed by atoms with Crippen LogP contribution in [0.15, 0.2) is 84.0 Å². The van der Waals surface area contributed by atoms with Gasteiger partial charge in [-0.3, -0.25) is 0 Å². The maximum Gasteiger partial charge on any atom is 0.216 e. The molecular formula is C21H15ClN4OS. The number of aromatic amines is 1. The van der Waals surface area contributed by atoms with Crippen LogP contribution in [0.25, 0.3) is 11.4 Å². The van der Waals surface area contributed by atoms with E-state index >= 15 is 0 Å². The first kappa shape index (κ1) is 18.2. The minimum Gasteiger partial charge on any atom is -0.457 e. The third-order valence-electron chi connectivity index (χ3n) is 3.91. The van der Waals surface area contributed by atoms with E-state index in [0.29, 0.717) is 15.6 Å². The van der Waals surface area contributed by atoms with Crippen LogP contribution < -0.4 is 4.74 Å². The minimum absolute atomic E-state index is 0.401. The quantitative estimate of drug-likeness (QED) is 0.330. The molecule has 0 saturated heterocycles. The number of nitrogens with zero attached hydrogens (tertiary/aromatic N) is 3. The second kappa shape index (κ2) is 8.21. The van der Waals surface area contributed by atoms with E-state index in [1.165, 1.54) is 0 Å². The predicted octanol–water partition coefficient (Wildman–Crippen LogP) is 5.94. The van der Waals surface area contributed by atoms with Gasteiger partial charge in [0.05, 0.1) is 6.21 Å². The van der Waals surface area contributed by atoms with Crippen LogP contribution >= 0.6 is 23.8 Å². The maximum atomic E-state index is 5.96. The van der Waals surface area contributed by atoms with Crippen LogP contribution in [0.4, 0.5) is 0 Å². The molecule has 0 atom stereocenters. The Balaban J connectivity index is 1.60. The van der Waals surface area contributed by atoms with Gasteiger partial charge in [0.25, 0.3) is 0 Å². The topological polar surface area (TPSA) is 55.2 Å². The van der Waals surface area contributed by atoms with Gasteiger partial charge in [-0.15, -0.1) is 0 Å². The van der Waals surface area contributed by atoms with Crippen molar-refractivity contribution in [2.45, 2.75) is 0 Å². The summed E-state index contributed by atoms with van der Waals surface area (Å²) >= 11 is 11.3.